The normalized spacial score (nSPS) is 19.8. The van der Waals surface area contributed by atoms with Crippen molar-refractivity contribution in [3.63, 3.8) is 0 Å². The first-order valence-electron chi connectivity index (χ1n) is 8.85. The van der Waals surface area contributed by atoms with Gasteiger partial charge in [-0.2, -0.15) is 0 Å². The molecule has 0 spiro atoms. The Kier molecular flexibility index (Phi) is 8.13. The molecule has 2 heteroatoms. The topological polar surface area (TPSA) is 15.3 Å². The fourth-order valence-electron chi connectivity index (χ4n) is 3.42. The lowest BCUT2D eigenvalue weighted by Crippen LogP contribution is -2.44. The maximum atomic E-state index is 3.73. The van der Waals surface area contributed by atoms with Gasteiger partial charge in [0.15, 0.2) is 0 Å². The maximum Gasteiger partial charge on any atom is 0.00471 e. The molecule has 0 aliphatic heterocycles. The molecular weight excluding hydrogens is 244 g/mol. The Hall–Kier alpha value is -0.0800. The molecule has 0 radical (unpaired) electrons. The van der Waals surface area contributed by atoms with Gasteiger partial charge in [0.2, 0.25) is 0 Å². The van der Waals surface area contributed by atoms with Gasteiger partial charge in [0.25, 0.3) is 0 Å². The third-order valence-corrected chi connectivity index (χ3v) is 4.74. The van der Waals surface area contributed by atoms with Gasteiger partial charge in [-0.15, -0.1) is 0 Å². The molecule has 0 bridgehead atoms. The van der Waals surface area contributed by atoms with E-state index in [1.54, 1.807) is 0 Å². The van der Waals surface area contributed by atoms with Gasteiger partial charge in [0.05, 0.1) is 0 Å². The first-order valence-corrected chi connectivity index (χ1v) is 8.85. The van der Waals surface area contributed by atoms with E-state index < -0.39 is 0 Å². The summed E-state index contributed by atoms with van der Waals surface area (Å²) in [5.41, 5.74) is 0.520. The van der Waals surface area contributed by atoms with Gasteiger partial charge in [-0.1, -0.05) is 53.4 Å². The second-order valence-electron chi connectivity index (χ2n) is 7.87. The molecule has 1 rings (SSSR count). The molecule has 1 N–H and O–H groups in total. The Bertz CT molecular complexity index is 240. The Balaban J connectivity index is 2.56. The lowest BCUT2D eigenvalue weighted by Gasteiger charge is -2.38. The van der Waals surface area contributed by atoms with Crippen molar-refractivity contribution >= 4 is 0 Å². The van der Waals surface area contributed by atoms with E-state index in [1.165, 1.54) is 64.6 Å². The monoisotopic (exact) mass is 282 g/mol. The highest BCUT2D eigenvalue weighted by molar-refractivity contribution is 4.87. The zero-order chi connectivity index (χ0) is 15.0. The average molecular weight is 283 g/mol. The summed E-state index contributed by atoms with van der Waals surface area (Å²) in [7, 11) is 2.32. The molecular formula is C18H38N2. The molecule has 120 valence electrons. The smallest absolute Gasteiger partial charge is 0.00471 e. The molecule has 2 nitrogen and oxygen atoms in total. The Morgan fingerprint density at radius 3 is 2.10 bits per heavy atom. The van der Waals surface area contributed by atoms with Gasteiger partial charge in [-0.3, -0.25) is 0 Å². The highest BCUT2D eigenvalue weighted by Gasteiger charge is 2.32. The molecule has 1 saturated carbocycles. The Labute approximate surface area is 127 Å². The second-order valence-corrected chi connectivity index (χ2v) is 7.87. The molecule has 0 aromatic carbocycles. The van der Waals surface area contributed by atoms with Crippen molar-refractivity contribution in [1.82, 2.24) is 10.2 Å². The van der Waals surface area contributed by atoms with Crippen LogP contribution in [-0.4, -0.2) is 37.6 Å². The number of nitrogens with zero attached hydrogens (tertiary/aromatic N) is 1. The third kappa shape index (κ3) is 7.08. The van der Waals surface area contributed by atoms with E-state index in [4.69, 9.17) is 0 Å². The van der Waals surface area contributed by atoms with Crippen molar-refractivity contribution in [2.24, 2.45) is 11.3 Å². The number of hydrogen-bond acceptors (Lipinski definition) is 2. The summed E-state index contributed by atoms with van der Waals surface area (Å²) in [5.74, 6) is 0.816. The summed E-state index contributed by atoms with van der Waals surface area (Å²) in [4.78, 5) is 2.59. The van der Waals surface area contributed by atoms with Crippen molar-refractivity contribution in [1.29, 1.82) is 0 Å². The van der Waals surface area contributed by atoms with E-state index in [0.717, 1.165) is 5.92 Å². The molecule has 0 unspecified atom stereocenters. The summed E-state index contributed by atoms with van der Waals surface area (Å²) in [5, 5.41) is 3.73. The molecule has 0 amide bonds. The average Bonchev–Trinajstić information content (AvgIpc) is 2.60. The predicted molar refractivity (Wildman–Crippen MR) is 90.2 cm³/mol. The SMILES string of the molecule is CC(C)CCN(C)CC1(CNC(C)C)CCCCCC1. The van der Waals surface area contributed by atoms with E-state index in [1.807, 2.05) is 0 Å². The van der Waals surface area contributed by atoms with Crippen LogP contribution in [0.4, 0.5) is 0 Å². The minimum atomic E-state index is 0.520. The van der Waals surface area contributed by atoms with Crippen LogP contribution in [0.1, 0.15) is 72.6 Å². The van der Waals surface area contributed by atoms with Crippen molar-refractivity contribution < 1.29 is 0 Å². The van der Waals surface area contributed by atoms with Gasteiger partial charge in [-0.25, -0.2) is 0 Å². The van der Waals surface area contributed by atoms with Crippen LogP contribution in [0.3, 0.4) is 0 Å². The van der Waals surface area contributed by atoms with Gasteiger partial charge in [-0.05, 0) is 44.2 Å². The number of nitrogens with one attached hydrogen (secondary N) is 1. The van der Waals surface area contributed by atoms with Crippen LogP contribution in [-0.2, 0) is 0 Å². The quantitative estimate of drug-likeness (QED) is 0.668. The summed E-state index contributed by atoms with van der Waals surface area (Å²) in [6, 6.07) is 0.607. The molecule has 0 heterocycles. The van der Waals surface area contributed by atoms with Gasteiger partial charge >= 0.3 is 0 Å². The van der Waals surface area contributed by atoms with E-state index in [9.17, 15) is 0 Å². The molecule has 0 aromatic rings. The summed E-state index contributed by atoms with van der Waals surface area (Å²) in [6.07, 6.45) is 9.90. The second kappa shape index (κ2) is 9.04. The summed E-state index contributed by atoms with van der Waals surface area (Å²) in [6.45, 7) is 12.9. The largest absolute Gasteiger partial charge is 0.314 e. The first kappa shape index (κ1) is 18.0. The fraction of sp³-hybridized carbons (Fsp3) is 1.00. The molecule has 0 atom stereocenters. The van der Waals surface area contributed by atoms with Crippen molar-refractivity contribution in [2.45, 2.75) is 78.7 Å². The third-order valence-electron chi connectivity index (χ3n) is 4.74. The minimum absolute atomic E-state index is 0.520. The zero-order valence-electron chi connectivity index (χ0n) is 14.7. The van der Waals surface area contributed by atoms with E-state index in [-0.39, 0.29) is 0 Å². The van der Waals surface area contributed by atoms with Crippen LogP contribution in [0.25, 0.3) is 0 Å². The molecule has 1 aliphatic carbocycles. The van der Waals surface area contributed by atoms with Crippen LogP contribution in [0.15, 0.2) is 0 Å². The van der Waals surface area contributed by atoms with Crippen LogP contribution < -0.4 is 5.32 Å². The molecule has 0 saturated heterocycles. The van der Waals surface area contributed by atoms with E-state index in [2.05, 4.69) is 45.0 Å². The molecule has 1 fully saturated rings. The number of rotatable bonds is 8. The minimum Gasteiger partial charge on any atom is -0.314 e. The van der Waals surface area contributed by atoms with Crippen molar-refractivity contribution in [3.8, 4) is 0 Å². The highest BCUT2D eigenvalue weighted by atomic mass is 15.1. The van der Waals surface area contributed by atoms with Crippen molar-refractivity contribution in [2.75, 3.05) is 26.7 Å². The van der Waals surface area contributed by atoms with Gasteiger partial charge < -0.3 is 10.2 Å². The lowest BCUT2D eigenvalue weighted by molar-refractivity contribution is 0.139. The van der Waals surface area contributed by atoms with E-state index in [0.29, 0.717) is 11.5 Å². The maximum absolute atomic E-state index is 3.73. The standard InChI is InChI=1S/C18H38N2/c1-16(2)10-13-20(5)15-18(14-19-17(3)4)11-8-6-7-9-12-18/h16-17,19H,6-15H2,1-5H3. The summed E-state index contributed by atoms with van der Waals surface area (Å²) < 4.78 is 0. The van der Waals surface area contributed by atoms with E-state index >= 15 is 0 Å². The van der Waals surface area contributed by atoms with Crippen LogP contribution in [0.2, 0.25) is 0 Å². The van der Waals surface area contributed by atoms with Crippen LogP contribution in [0.5, 0.6) is 0 Å². The summed E-state index contributed by atoms with van der Waals surface area (Å²) >= 11 is 0. The predicted octanol–water partition coefficient (Wildman–Crippen LogP) is 4.30. The highest BCUT2D eigenvalue weighted by Crippen LogP contribution is 2.35. The molecule has 1 aliphatic rings. The molecule has 20 heavy (non-hydrogen) atoms. The first-order chi connectivity index (χ1) is 9.43. The zero-order valence-corrected chi connectivity index (χ0v) is 14.7. The van der Waals surface area contributed by atoms with Gasteiger partial charge in [0, 0.05) is 19.1 Å². The van der Waals surface area contributed by atoms with Crippen molar-refractivity contribution in [3.05, 3.63) is 0 Å². The number of hydrogen-bond donors (Lipinski definition) is 1. The van der Waals surface area contributed by atoms with Gasteiger partial charge in [0.1, 0.15) is 0 Å². The molecule has 0 aromatic heterocycles. The lowest BCUT2D eigenvalue weighted by atomic mass is 9.79. The van der Waals surface area contributed by atoms with Crippen LogP contribution >= 0.6 is 0 Å². The Morgan fingerprint density at radius 1 is 1.00 bits per heavy atom. The fourth-order valence-corrected chi connectivity index (χ4v) is 3.42. The van der Waals surface area contributed by atoms with Crippen LogP contribution in [0, 0.1) is 11.3 Å². The Morgan fingerprint density at radius 2 is 1.60 bits per heavy atom.